The molecule has 6 nitrogen and oxygen atoms in total. The van der Waals surface area contributed by atoms with Gasteiger partial charge >= 0.3 is 11.2 Å². The molecule has 0 heterocycles. The molecule has 116 valence electrons. The summed E-state index contributed by atoms with van der Waals surface area (Å²) in [4.78, 5) is 22.0. The summed E-state index contributed by atoms with van der Waals surface area (Å²) in [6.07, 6.45) is 1.45. The van der Waals surface area contributed by atoms with Gasteiger partial charge in [0.05, 0.1) is 10.8 Å². The summed E-state index contributed by atoms with van der Waals surface area (Å²) in [6.45, 7) is 0. The molecule has 0 radical (unpaired) electrons. The van der Waals surface area contributed by atoms with E-state index < -0.39 is 21.3 Å². The number of hydrogen-bond donors (Lipinski definition) is 0. The summed E-state index contributed by atoms with van der Waals surface area (Å²) in [5.41, 5.74) is -0.674. The lowest BCUT2D eigenvalue weighted by molar-refractivity contribution is -0.569. The first kappa shape index (κ1) is 14.9. The molecule has 0 aromatic heterocycles. The molecule has 2 aromatic carbocycles. The fraction of sp³-hybridized carbons (Fsp3) is 0.176. The highest BCUT2D eigenvalue weighted by molar-refractivity contribution is 5.56. The number of nitro groups is 2. The Kier molecular flexibility index (Phi) is 3.65. The van der Waals surface area contributed by atoms with Crippen LogP contribution in [0, 0.1) is 20.2 Å². The second-order valence-corrected chi connectivity index (χ2v) is 5.55. The number of hydrogen-bond acceptors (Lipinski definition) is 4. The van der Waals surface area contributed by atoms with E-state index in [9.17, 15) is 20.2 Å². The largest absolute Gasteiger partial charge is 0.323 e. The van der Waals surface area contributed by atoms with Gasteiger partial charge in [0.1, 0.15) is 0 Å². The van der Waals surface area contributed by atoms with Gasteiger partial charge < -0.3 is 0 Å². The molecule has 3 rings (SSSR count). The monoisotopic (exact) mass is 310 g/mol. The van der Waals surface area contributed by atoms with Crippen LogP contribution >= 0.6 is 0 Å². The van der Waals surface area contributed by atoms with Crippen LogP contribution in [0.2, 0.25) is 0 Å². The molecule has 0 spiro atoms. The quantitative estimate of drug-likeness (QED) is 0.624. The minimum Gasteiger partial charge on any atom is -0.263 e. The van der Waals surface area contributed by atoms with Crippen LogP contribution in [-0.2, 0) is 0 Å². The Balaban J connectivity index is 2.05. The lowest BCUT2D eigenvalue weighted by atomic mass is 10.0. The van der Waals surface area contributed by atoms with Crippen molar-refractivity contribution in [2.45, 2.75) is 17.9 Å². The molecule has 23 heavy (non-hydrogen) atoms. The van der Waals surface area contributed by atoms with Crippen molar-refractivity contribution in [2.24, 2.45) is 0 Å². The van der Waals surface area contributed by atoms with E-state index in [2.05, 4.69) is 0 Å². The smallest absolute Gasteiger partial charge is 0.263 e. The molecule has 6 heteroatoms. The molecule has 1 saturated carbocycles. The minimum absolute atomic E-state index is 0.143. The van der Waals surface area contributed by atoms with Crippen LogP contribution in [0.5, 0.6) is 0 Å². The van der Waals surface area contributed by atoms with Crippen molar-refractivity contribution in [2.75, 3.05) is 0 Å². The topological polar surface area (TPSA) is 86.3 Å². The van der Waals surface area contributed by atoms with Crippen LogP contribution in [0.15, 0.2) is 66.4 Å². The Morgan fingerprint density at radius 3 is 2.09 bits per heavy atom. The van der Waals surface area contributed by atoms with E-state index in [4.69, 9.17) is 0 Å². The second-order valence-electron chi connectivity index (χ2n) is 5.55. The first-order chi connectivity index (χ1) is 11.1. The van der Waals surface area contributed by atoms with E-state index in [0.717, 1.165) is 5.56 Å². The Morgan fingerprint density at radius 1 is 1.00 bits per heavy atom. The van der Waals surface area contributed by atoms with Crippen molar-refractivity contribution in [3.8, 4) is 0 Å². The molecule has 1 aliphatic carbocycles. The van der Waals surface area contributed by atoms with Crippen LogP contribution in [0.25, 0.3) is 6.08 Å². The van der Waals surface area contributed by atoms with Gasteiger partial charge in [-0.25, -0.2) is 0 Å². The first-order valence-corrected chi connectivity index (χ1v) is 7.17. The van der Waals surface area contributed by atoms with E-state index in [0.29, 0.717) is 5.56 Å². The van der Waals surface area contributed by atoms with Crippen molar-refractivity contribution in [1.29, 1.82) is 0 Å². The molecule has 0 aliphatic heterocycles. The van der Waals surface area contributed by atoms with Crippen LogP contribution in [-0.4, -0.2) is 15.4 Å². The van der Waals surface area contributed by atoms with Gasteiger partial charge in [-0.15, -0.1) is 0 Å². The number of benzene rings is 2. The predicted molar refractivity (Wildman–Crippen MR) is 84.9 cm³/mol. The maximum Gasteiger partial charge on any atom is 0.323 e. The SMILES string of the molecule is O=[N+]([O-])/C(=C/c1ccccc1)C1([N+](=O)[O-])CC1c1ccccc1. The van der Waals surface area contributed by atoms with E-state index in [1.165, 1.54) is 6.08 Å². The van der Waals surface area contributed by atoms with Gasteiger partial charge in [0.25, 0.3) is 0 Å². The number of nitrogens with zero attached hydrogens (tertiary/aromatic N) is 2. The van der Waals surface area contributed by atoms with Crippen molar-refractivity contribution in [3.63, 3.8) is 0 Å². The fourth-order valence-electron chi connectivity index (χ4n) is 2.95. The third kappa shape index (κ3) is 2.59. The summed E-state index contributed by atoms with van der Waals surface area (Å²) >= 11 is 0. The van der Waals surface area contributed by atoms with Crippen molar-refractivity contribution < 1.29 is 9.85 Å². The van der Waals surface area contributed by atoms with Crippen molar-refractivity contribution in [3.05, 3.63) is 97.7 Å². The third-order valence-electron chi connectivity index (χ3n) is 4.20. The zero-order valence-electron chi connectivity index (χ0n) is 12.2. The van der Waals surface area contributed by atoms with Gasteiger partial charge in [-0.1, -0.05) is 60.7 Å². The average molecular weight is 310 g/mol. The van der Waals surface area contributed by atoms with Gasteiger partial charge in [-0.2, -0.15) is 0 Å². The molecular weight excluding hydrogens is 296 g/mol. The maximum atomic E-state index is 11.7. The molecular formula is C17H14N2O4. The first-order valence-electron chi connectivity index (χ1n) is 7.17. The van der Waals surface area contributed by atoms with Gasteiger partial charge in [0.15, 0.2) is 0 Å². The van der Waals surface area contributed by atoms with E-state index in [-0.39, 0.29) is 12.1 Å². The molecule has 0 amide bonds. The van der Waals surface area contributed by atoms with Gasteiger partial charge in [0.2, 0.25) is 0 Å². The molecule has 1 fully saturated rings. The van der Waals surface area contributed by atoms with Crippen molar-refractivity contribution in [1.82, 2.24) is 0 Å². The predicted octanol–water partition coefficient (Wildman–Crippen LogP) is 3.51. The summed E-state index contributed by atoms with van der Waals surface area (Å²) in [6, 6.07) is 17.6. The van der Waals surface area contributed by atoms with Gasteiger partial charge in [-0.3, -0.25) is 20.2 Å². The lowest BCUT2D eigenvalue weighted by Crippen LogP contribution is -2.30. The van der Waals surface area contributed by atoms with Crippen LogP contribution in [0.3, 0.4) is 0 Å². The minimum atomic E-state index is -1.65. The fourth-order valence-corrected chi connectivity index (χ4v) is 2.95. The second kappa shape index (κ2) is 5.64. The molecule has 1 aliphatic rings. The highest BCUT2D eigenvalue weighted by Crippen LogP contribution is 2.58. The van der Waals surface area contributed by atoms with Crippen LogP contribution in [0.4, 0.5) is 0 Å². The van der Waals surface area contributed by atoms with E-state index >= 15 is 0 Å². The average Bonchev–Trinajstić information content (AvgIpc) is 3.31. The highest BCUT2D eigenvalue weighted by atomic mass is 16.6. The Morgan fingerprint density at radius 2 is 1.57 bits per heavy atom. The summed E-state index contributed by atoms with van der Waals surface area (Å²) in [5, 5.41) is 23.2. The zero-order valence-corrected chi connectivity index (χ0v) is 12.2. The molecule has 2 unspecified atom stereocenters. The van der Waals surface area contributed by atoms with Gasteiger partial charge in [-0.05, 0) is 11.1 Å². The van der Waals surface area contributed by atoms with Crippen molar-refractivity contribution >= 4 is 6.08 Å². The summed E-state index contributed by atoms with van der Waals surface area (Å²) in [5.74, 6) is -0.473. The van der Waals surface area contributed by atoms with E-state index in [1.807, 2.05) is 6.07 Å². The molecule has 2 aromatic rings. The molecule has 2 atom stereocenters. The number of rotatable bonds is 5. The zero-order chi connectivity index (χ0) is 16.4. The van der Waals surface area contributed by atoms with E-state index in [1.54, 1.807) is 54.6 Å². The summed E-state index contributed by atoms with van der Waals surface area (Å²) < 4.78 is 0. The molecule has 0 N–H and O–H groups in total. The molecule has 0 saturated heterocycles. The Hall–Kier alpha value is -3.02. The third-order valence-corrected chi connectivity index (χ3v) is 4.20. The Bertz CT molecular complexity index is 774. The maximum absolute atomic E-state index is 11.7. The standard InChI is InChI=1S/C17H14N2O4/c20-18(21)16(11-13-7-3-1-4-8-13)17(19(22)23)12-15(17)14-9-5-2-6-10-14/h1-11,15H,12H2/b16-11+. The molecule has 0 bridgehead atoms. The lowest BCUT2D eigenvalue weighted by Gasteiger charge is -2.08. The highest BCUT2D eigenvalue weighted by Gasteiger charge is 2.74. The van der Waals surface area contributed by atoms with Gasteiger partial charge in [0, 0.05) is 17.4 Å². The van der Waals surface area contributed by atoms with Crippen LogP contribution < -0.4 is 0 Å². The van der Waals surface area contributed by atoms with Crippen LogP contribution in [0.1, 0.15) is 23.5 Å². The summed E-state index contributed by atoms with van der Waals surface area (Å²) in [7, 11) is 0. The Labute approximate surface area is 132 Å². The normalized spacial score (nSPS) is 23.3.